The maximum Gasteiger partial charge on any atom is 0.514 e. The first kappa shape index (κ1) is 16.0. The van der Waals surface area contributed by atoms with E-state index in [0.29, 0.717) is 6.26 Å². The van der Waals surface area contributed by atoms with Crippen LogP contribution < -0.4 is 0 Å². The molecule has 0 fully saturated rings. The molecule has 0 aliphatic heterocycles. The largest absolute Gasteiger partial charge is 0.514 e. The highest BCUT2D eigenvalue weighted by Crippen LogP contribution is 2.25. The van der Waals surface area contributed by atoms with Gasteiger partial charge in [-0.2, -0.15) is 8.42 Å². The van der Waals surface area contributed by atoms with Gasteiger partial charge in [0.15, 0.2) is 0 Å². The molecule has 6 nitrogen and oxygen atoms in total. The summed E-state index contributed by atoms with van der Waals surface area (Å²) in [5.41, 5.74) is -1.22. The first-order valence-electron chi connectivity index (χ1n) is 4.22. The molecule has 102 valence electrons. The monoisotopic (exact) mass is 279 g/mol. The summed E-state index contributed by atoms with van der Waals surface area (Å²) in [4.78, 5) is 11.1. The average Bonchev–Trinajstić information content (AvgIpc) is 1.92. The predicted molar refractivity (Wildman–Crippen MR) is 50.1 cm³/mol. The lowest BCUT2D eigenvalue weighted by atomic mass is 10.2. The topological polar surface area (TPSA) is 72.9 Å². The van der Waals surface area contributed by atoms with Gasteiger partial charge in [0.25, 0.3) is 10.1 Å². The van der Waals surface area contributed by atoms with Gasteiger partial charge in [0.2, 0.25) is 0 Å². The highest BCUT2D eigenvalue weighted by molar-refractivity contribution is 7.85. The molecule has 10 heteroatoms. The summed E-state index contributed by atoms with van der Waals surface area (Å²) < 4.78 is 66.0. The number of ether oxygens (including phenoxy) is 1. The van der Waals surface area contributed by atoms with E-state index in [1.807, 2.05) is 0 Å². The van der Waals surface area contributed by atoms with Crippen molar-refractivity contribution >= 4 is 16.2 Å². The Morgan fingerprint density at radius 3 is 1.82 bits per heavy atom. The van der Waals surface area contributed by atoms with Crippen molar-refractivity contribution in [1.29, 1.82) is 0 Å². The third kappa shape index (κ3) is 7.00. The molecule has 0 rings (SSSR count). The normalized spacial score (nSPS) is 13.4. The summed E-state index contributed by atoms with van der Waals surface area (Å²) in [5, 5.41) is -1.28. The third-order valence-corrected chi connectivity index (χ3v) is 1.42. The van der Waals surface area contributed by atoms with Crippen molar-refractivity contribution in [3.05, 3.63) is 0 Å². The van der Waals surface area contributed by atoms with Crippen molar-refractivity contribution in [2.75, 3.05) is 6.26 Å². The van der Waals surface area contributed by atoms with Crippen molar-refractivity contribution in [3.8, 4) is 0 Å². The maximum atomic E-state index is 12.3. The Kier molecular flexibility index (Phi) is 4.40. The van der Waals surface area contributed by atoms with Gasteiger partial charge in [-0.15, -0.1) is 17.5 Å². The zero-order valence-corrected chi connectivity index (χ0v) is 10.3. The molecule has 0 atom stereocenters. The third-order valence-electron chi connectivity index (χ3n) is 1.000. The molecule has 0 N–H and O–H groups in total. The van der Waals surface area contributed by atoms with Crippen LogP contribution in [0, 0.1) is 0 Å². The van der Waals surface area contributed by atoms with Crippen LogP contribution in [0.15, 0.2) is 0 Å². The molecule has 17 heavy (non-hydrogen) atoms. The number of amides is 1. The molecule has 0 unspecified atom stereocenters. The van der Waals surface area contributed by atoms with Crippen LogP contribution in [-0.4, -0.2) is 37.7 Å². The van der Waals surface area contributed by atoms with Crippen LogP contribution in [0.2, 0.25) is 0 Å². The summed E-state index contributed by atoms with van der Waals surface area (Å²) >= 11 is 0. The van der Waals surface area contributed by atoms with Gasteiger partial charge >= 0.3 is 12.4 Å². The van der Waals surface area contributed by atoms with E-state index in [9.17, 15) is 26.4 Å². The molecular weight excluding hydrogens is 267 g/mol. The Bertz CT molecular complexity index is 383. The second-order valence-electron chi connectivity index (χ2n) is 4.02. The SMILES string of the molecule is CC(C)(C)OC(=O)N(OS(C)(=O)=O)C(F)(F)F. The van der Waals surface area contributed by atoms with Crippen molar-refractivity contribution in [1.82, 2.24) is 5.06 Å². The molecule has 0 aliphatic carbocycles. The lowest BCUT2D eigenvalue weighted by Gasteiger charge is -2.26. The van der Waals surface area contributed by atoms with Crippen molar-refractivity contribution < 1.29 is 35.4 Å². The molecule has 0 bridgehead atoms. The van der Waals surface area contributed by atoms with Gasteiger partial charge in [0.05, 0.1) is 6.26 Å². The Morgan fingerprint density at radius 1 is 1.18 bits per heavy atom. The van der Waals surface area contributed by atoms with Gasteiger partial charge in [0, 0.05) is 0 Å². The van der Waals surface area contributed by atoms with E-state index >= 15 is 0 Å². The van der Waals surface area contributed by atoms with Crippen LogP contribution in [0.25, 0.3) is 0 Å². The second-order valence-corrected chi connectivity index (χ2v) is 5.58. The molecular formula is C7H12F3NO5S. The van der Waals surface area contributed by atoms with E-state index in [2.05, 4.69) is 9.02 Å². The Morgan fingerprint density at radius 2 is 1.59 bits per heavy atom. The fourth-order valence-corrected chi connectivity index (χ4v) is 1.03. The lowest BCUT2D eigenvalue weighted by molar-refractivity contribution is -0.314. The minimum Gasteiger partial charge on any atom is -0.442 e. The Labute approximate surface area is 96.4 Å². The van der Waals surface area contributed by atoms with E-state index in [1.54, 1.807) is 0 Å². The van der Waals surface area contributed by atoms with E-state index < -0.39 is 33.2 Å². The smallest absolute Gasteiger partial charge is 0.442 e. The number of hydrogen-bond donors (Lipinski definition) is 0. The van der Waals surface area contributed by atoms with Gasteiger partial charge in [-0.3, -0.25) is 0 Å². The molecule has 0 radical (unpaired) electrons. The van der Waals surface area contributed by atoms with Crippen LogP contribution in [0.4, 0.5) is 18.0 Å². The van der Waals surface area contributed by atoms with Crippen molar-refractivity contribution in [2.45, 2.75) is 32.7 Å². The first-order valence-corrected chi connectivity index (χ1v) is 6.03. The summed E-state index contributed by atoms with van der Waals surface area (Å²) in [6.45, 7) is 3.96. The number of hydrogen-bond acceptors (Lipinski definition) is 5. The number of hydroxylamine groups is 2. The fourth-order valence-electron chi connectivity index (χ4n) is 0.615. The number of carbonyl (C=O) groups is 1. The number of rotatable bonds is 2. The van der Waals surface area contributed by atoms with E-state index in [1.165, 1.54) is 20.8 Å². The van der Waals surface area contributed by atoms with Crippen molar-refractivity contribution in [3.63, 3.8) is 0 Å². The van der Waals surface area contributed by atoms with Crippen LogP contribution in [0.5, 0.6) is 0 Å². The Hall–Kier alpha value is -1.03. The van der Waals surface area contributed by atoms with Gasteiger partial charge in [0.1, 0.15) is 5.60 Å². The molecule has 0 heterocycles. The number of alkyl halides is 3. The van der Waals surface area contributed by atoms with E-state index in [4.69, 9.17) is 0 Å². The number of nitrogens with zero attached hydrogens (tertiary/aromatic N) is 1. The zero-order chi connectivity index (χ0) is 14.1. The van der Waals surface area contributed by atoms with E-state index in [0.717, 1.165) is 0 Å². The van der Waals surface area contributed by atoms with Gasteiger partial charge in [-0.1, -0.05) is 5.06 Å². The molecule has 0 spiro atoms. The molecule has 0 aliphatic rings. The number of halogens is 3. The minimum absolute atomic E-state index is 0.371. The second kappa shape index (κ2) is 4.69. The summed E-state index contributed by atoms with van der Waals surface area (Å²) in [6, 6.07) is 0. The molecule has 0 aromatic rings. The maximum absolute atomic E-state index is 12.3. The minimum atomic E-state index is -5.33. The van der Waals surface area contributed by atoms with Crippen LogP contribution >= 0.6 is 0 Å². The van der Waals surface area contributed by atoms with Crippen LogP contribution in [-0.2, 0) is 19.1 Å². The molecule has 0 saturated carbocycles. The summed E-state index contributed by atoms with van der Waals surface area (Å²) in [5.74, 6) is 0. The number of carbonyl (C=O) groups excluding carboxylic acids is 1. The van der Waals surface area contributed by atoms with Crippen LogP contribution in [0.3, 0.4) is 0 Å². The lowest BCUT2D eigenvalue weighted by Crippen LogP contribution is -2.46. The first-order chi connectivity index (χ1) is 7.22. The van der Waals surface area contributed by atoms with Gasteiger partial charge in [-0.05, 0) is 20.8 Å². The summed E-state index contributed by atoms with van der Waals surface area (Å²) in [6.07, 6.45) is -6.92. The van der Waals surface area contributed by atoms with Crippen molar-refractivity contribution in [2.24, 2.45) is 0 Å². The molecule has 0 saturated heterocycles. The molecule has 0 aromatic heterocycles. The molecule has 0 aromatic carbocycles. The van der Waals surface area contributed by atoms with Gasteiger partial charge < -0.3 is 4.74 Å². The highest BCUT2D eigenvalue weighted by Gasteiger charge is 2.47. The highest BCUT2D eigenvalue weighted by atomic mass is 32.2. The molecule has 1 amide bonds. The Balaban J connectivity index is 5.03. The van der Waals surface area contributed by atoms with Crippen LogP contribution in [0.1, 0.15) is 20.8 Å². The quantitative estimate of drug-likeness (QED) is 0.567. The standard InChI is InChI=1S/C7H12F3NO5S/c1-6(2,3)15-5(12)11(7(8,9)10)16-17(4,13)14/h1-4H3. The summed E-state index contributed by atoms with van der Waals surface area (Å²) in [7, 11) is -4.50. The predicted octanol–water partition coefficient (Wildman–Crippen LogP) is 1.63. The zero-order valence-electron chi connectivity index (χ0n) is 9.53. The fraction of sp³-hybridized carbons (Fsp3) is 0.857. The average molecular weight is 279 g/mol. The van der Waals surface area contributed by atoms with E-state index in [-0.39, 0.29) is 0 Å². The van der Waals surface area contributed by atoms with Gasteiger partial charge in [-0.25, -0.2) is 4.79 Å².